The molecule has 0 radical (unpaired) electrons. The second kappa shape index (κ2) is 7.00. The lowest BCUT2D eigenvalue weighted by atomic mass is 10.3. The molecule has 0 bridgehead atoms. The summed E-state index contributed by atoms with van der Waals surface area (Å²) in [5.41, 5.74) is -0.0753. The molecule has 0 spiro atoms. The maximum Gasteiger partial charge on any atom is 0.324 e. The van der Waals surface area contributed by atoms with Crippen molar-refractivity contribution in [3.8, 4) is 11.5 Å². The molecular weight excluding hydrogens is 389 g/mol. The van der Waals surface area contributed by atoms with Crippen LogP contribution in [0.3, 0.4) is 0 Å². The van der Waals surface area contributed by atoms with Gasteiger partial charge in [-0.3, -0.25) is 9.10 Å². The topological polar surface area (TPSA) is 93.1 Å². The Morgan fingerprint density at radius 1 is 1.15 bits per heavy atom. The van der Waals surface area contributed by atoms with Crippen molar-refractivity contribution >= 4 is 33.3 Å². The van der Waals surface area contributed by atoms with Crippen LogP contribution in [0, 0.1) is 5.82 Å². The molecule has 0 saturated heterocycles. The number of rotatable bonds is 5. The van der Waals surface area contributed by atoms with E-state index < -0.39 is 28.4 Å². The lowest BCUT2D eigenvalue weighted by molar-refractivity contribution is -0.135. The summed E-state index contributed by atoms with van der Waals surface area (Å²) in [5.74, 6) is -1.50. The highest BCUT2D eigenvalue weighted by atomic mass is 35.5. The Morgan fingerprint density at radius 3 is 2.50 bits per heavy atom. The molecule has 1 heterocycles. The molecule has 1 aliphatic heterocycles. The first kappa shape index (κ1) is 18.3. The van der Waals surface area contributed by atoms with Gasteiger partial charge in [-0.15, -0.1) is 0 Å². The smallest absolute Gasteiger partial charge is 0.324 e. The van der Waals surface area contributed by atoms with Crippen LogP contribution in [0.4, 0.5) is 10.1 Å². The number of fused-ring (bicyclic) bond motifs is 1. The van der Waals surface area contributed by atoms with Gasteiger partial charge in [0.1, 0.15) is 25.6 Å². The highest BCUT2D eigenvalue weighted by Gasteiger charge is 2.29. The Kier molecular flexibility index (Phi) is 4.92. The van der Waals surface area contributed by atoms with Gasteiger partial charge in [-0.1, -0.05) is 11.6 Å². The lowest BCUT2D eigenvalue weighted by Crippen LogP contribution is -2.35. The fourth-order valence-corrected chi connectivity index (χ4v) is 3.99. The van der Waals surface area contributed by atoms with Gasteiger partial charge in [-0.25, -0.2) is 12.8 Å². The summed E-state index contributed by atoms with van der Waals surface area (Å²) >= 11 is 5.70. The van der Waals surface area contributed by atoms with E-state index in [1.807, 2.05) is 0 Å². The molecule has 0 aromatic heterocycles. The van der Waals surface area contributed by atoms with Crippen LogP contribution in [-0.2, 0) is 14.8 Å². The monoisotopic (exact) mass is 401 g/mol. The Labute approximate surface area is 153 Å². The molecule has 26 heavy (non-hydrogen) atoms. The van der Waals surface area contributed by atoms with Crippen LogP contribution in [0.25, 0.3) is 0 Å². The molecular formula is C16H13ClFNO6S. The third-order valence-corrected chi connectivity index (χ3v) is 5.63. The third-order valence-electron chi connectivity index (χ3n) is 3.57. The molecule has 138 valence electrons. The molecule has 2 aromatic rings. The highest BCUT2D eigenvalue weighted by molar-refractivity contribution is 7.92. The average Bonchev–Trinajstić information content (AvgIpc) is 2.61. The minimum Gasteiger partial charge on any atom is -0.486 e. The number of sulfonamides is 1. The Bertz CT molecular complexity index is 965. The van der Waals surface area contributed by atoms with Crippen LogP contribution in [0.5, 0.6) is 11.5 Å². The Morgan fingerprint density at radius 2 is 1.85 bits per heavy atom. The standard InChI is InChI=1S/C16H13ClFNO6S/c17-12-7-10(1-3-13(12)18)19(9-16(20)21)26(22,23)11-2-4-14-15(8-11)25-6-5-24-14/h1-4,7-8H,5-6,9H2,(H,20,21). The minimum atomic E-state index is -4.28. The van der Waals surface area contributed by atoms with Gasteiger partial charge in [-0.05, 0) is 30.3 Å². The molecule has 3 rings (SSSR count). The first-order chi connectivity index (χ1) is 12.3. The van der Waals surface area contributed by atoms with E-state index in [0.717, 1.165) is 18.2 Å². The van der Waals surface area contributed by atoms with E-state index in [-0.39, 0.29) is 28.0 Å². The normalized spacial score (nSPS) is 13.3. The van der Waals surface area contributed by atoms with E-state index in [9.17, 15) is 17.6 Å². The molecule has 1 aliphatic rings. The predicted molar refractivity (Wildman–Crippen MR) is 91.0 cm³/mol. The maximum atomic E-state index is 13.4. The quantitative estimate of drug-likeness (QED) is 0.827. The number of carboxylic acids is 1. The number of carboxylic acid groups (broad SMARTS) is 1. The van der Waals surface area contributed by atoms with Gasteiger partial charge in [0.2, 0.25) is 0 Å². The number of hydrogen-bond donors (Lipinski definition) is 1. The summed E-state index contributed by atoms with van der Waals surface area (Å²) in [6, 6.07) is 7.12. The molecule has 0 amide bonds. The van der Waals surface area contributed by atoms with Gasteiger partial charge < -0.3 is 14.6 Å². The number of carbonyl (C=O) groups is 1. The SMILES string of the molecule is O=C(O)CN(c1ccc(F)c(Cl)c1)S(=O)(=O)c1ccc2c(c1)OCCO2. The molecule has 2 aromatic carbocycles. The Balaban J connectivity index is 2.07. The Hall–Kier alpha value is -2.52. The van der Waals surface area contributed by atoms with Crippen molar-refractivity contribution in [1.29, 1.82) is 0 Å². The minimum absolute atomic E-state index is 0.0753. The van der Waals surface area contributed by atoms with Crippen molar-refractivity contribution in [1.82, 2.24) is 0 Å². The highest BCUT2D eigenvalue weighted by Crippen LogP contribution is 2.34. The largest absolute Gasteiger partial charge is 0.486 e. The number of nitrogens with zero attached hydrogens (tertiary/aromatic N) is 1. The first-order valence-corrected chi connectivity index (χ1v) is 9.20. The molecule has 0 unspecified atom stereocenters. The average molecular weight is 402 g/mol. The second-order valence-corrected chi connectivity index (χ2v) is 7.58. The summed E-state index contributed by atoms with van der Waals surface area (Å²) in [7, 11) is -4.28. The van der Waals surface area contributed by atoms with Crippen LogP contribution < -0.4 is 13.8 Å². The van der Waals surface area contributed by atoms with Crippen LogP contribution in [0.2, 0.25) is 5.02 Å². The van der Waals surface area contributed by atoms with Gasteiger partial charge >= 0.3 is 5.97 Å². The van der Waals surface area contributed by atoms with E-state index in [0.29, 0.717) is 16.7 Å². The zero-order chi connectivity index (χ0) is 18.9. The molecule has 0 aliphatic carbocycles. The number of ether oxygens (including phenoxy) is 2. The molecule has 0 saturated carbocycles. The summed E-state index contributed by atoms with van der Waals surface area (Å²) in [6.07, 6.45) is 0. The molecule has 10 heteroatoms. The summed E-state index contributed by atoms with van der Waals surface area (Å²) in [5, 5.41) is 8.79. The van der Waals surface area contributed by atoms with Gasteiger partial charge in [0.15, 0.2) is 11.5 Å². The van der Waals surface area contributed by atoms with Gasteiger partial charge in [0, 0.05) is 6.07 Å². The van der Waals surface area contributed by atoms with E-state index in [1.54, 1.807) is 0 Å². The van der Waals surface area contributed by atoms with E-state index in [2.05, 4.69) is 0 Å². The number of hydrogen-bond acceptors (Lipinski definition) is 5. The van der Waals surface area contributed by atoms with Crippen molar-refractivity contribution in [2.75, 3.05) is 24.1 Å². The number of halogens is 2. The van der Waals surface area contributed by atoms with Crippen LogP contribution >= 0.6 is 11.6 Å². The van der Waals surface area contributed by atoms with E-state index >= 15 is 0 Å². The third kappa shape index (κ3) is 3.54. The van der Waals surface area contributed by atoms with Crippen LogP contribution in [0.15, 0.2) is 41.3 Å². The molecule has 7 nitrogen and oxygen atoms in total. The first-order valence-electron chi connectivity index (χ1n) is 7.38. The number of benzene rings is 2. The zero-order valence-corrected chi connectivity index (χ0v) is 14.8. The summed E-state index contributed by atoms with van der Waals surface area (Å²) in [4.78, 5) is 11.0. The van der Waals surface area contributed by atoms with Crippen molar-refractivity contribution in [2.45, 2.75) is 4.90 Å². The van der Waals surface area contributed by atoms with Crippen LogP contribution in [0.1, 0.15) is 0 Å². The van der Waals surface area contributed by atoms with Gasteiger partial charge in [0.25, 0.3) is 10.0 Å². The van der Waals surface area contributed by atoms with E-state index in [4.69, 9.17) is 26.2 Å². The fraction of sp³-hybridized carbons (Fsp3) is 0.188. The number of anilines is 1. The molecule has 1 N–H and O–H groups in total. The van der Waals surface area contributed by atoms with Gasteiger partial charge in [0.05, 0.1) is 15.6 Å². The van der Waals surface area contributed by atoms with Crippen molar-refractivity contribution in [2.24, 2.45) is 0 Å². The number of aliphatic carboxylic acids is 1. The zero-order valence-electron chi connectivity index (χ0n) is 13.2. The lowest BCUT2D eigenvalue weighted by Gasteiger charge is -2.24. The van der Waals surface area contributed by atoms with Crippen molar-refractivity contribution in [3.05, 3.63) is 47.2 Å². The predicted octanol–water partition coefficient (Wildman–Crippen LogP) is 2.53. The molecule has 0 fully saturated rings. The fourth-order valence-electron chi connectivity index (χ4n) is 2.39. The van der Waals surface area contributed by atoms with Crippen LogP contribution in [-0.4, -0.2) is 39.3 Å². The van der Waals surface area contributed by atoms with Gasteiger partial charge in [-0.2, -0.15) is 0 Å². The van der Waals surface area contributed by atoms with E-state index in [1.165, 1.54) is 18.2 Å². The summed E-state index contributed by atoms with van der Waals surface area (Å²) in [6.45, 7) is -0.250. The van der Waals surface area contributed by atoms with Crippen molar-refractivity contribution in [3.63, 3.8) is 0 Å². The second-order valence-electron chi connectivity index (χ2n) is 5.31. The maximum absolute atomic E-state index is 13.4. The van der Waals surface area contributed by atoms with Crippen molar-refractivity contribution < 1.29 is 32.2 Å². The molecule has 0 atom stereocenters. The summed E-state index contributed by atoms with van der Waals surface area (Å²) < 4.78 is 50.7.